The Morgan fingerprint density at radius 2 is 2.00 bits per heavy atom. The maximum atomic E-state index is 11.1. The number of carbonyl (C=O) groups is 1. The molecule has 0 heterocycles. The Morgan fingerprint density at radius 1 is 1.43 bits per heavy atom. The zero-order valence-electron chi connectivity index (χ0n) is 7.67. The maximum absolute atomic E-state index is 11.1. The van der Waals surface area contributed by atoms with Crippen LogP contribution < -0.4 is 0 Å². The molecular weight excluding hydrogens is 312 g/mol. The Balaban J connectivity index is 2.83. The Bertz CT molecular complexity index is 308. The summed E-state index contributed by atoms with van der Waals surface area (Å²) in [6.07, 6.45) is 0. The van der Waals surface area contributed by atoms with Crippen LogP contribution in [0.3, 0.4) is 0 Å². The first kappa shape index (κ1) is 11.7. The lowest BCUT2D eigenvalue weighted by atomic mass is 10.1. The minimum Gasteiger partial charge on any atom is -0.465 e. The second-order valence-corrected chi connectivity index (χ2v) is 4.49. The molecule has 4 heteroatoms. The molecule has 0 fully saturated rings. The summed E-state index contributed by atoms with van der Waals surface area (Å²) in [7, 11) is 1.38. The fourth-order valence-electron chi connectivity index (χ4n) is 1.03. The molecule has 0 aliphatic heterocycles. The molecule has 0 radical (unpaired) electrons. The summed E-state index contributed by atoms with van der Waals surface area (Å²) in [5, 5.41) is 0.838. The molecule has 1 aromatic carbocycles. The summed E-state index contributed by atoms with van der Waals surface area (Å²) in [5.74, 6) is -0.304. The van der Waals surface area contributed by atoms with Gasteiger partial charge in [0.15, 0.2) is 0 Å². The van der Waals surface area contributed by atoms with Gasteiger partial charge in [-0.1, -0.05) is 44.0 Å². The first-order chi connectivity index (χ1) is 6.69. The van der Waals surface area contributed by atoms with E-state index in [0.717, 1.165) is 10.9 Å². The van der Waals surface area contributed by atoms with Crippen molar-refractivity contribution >= 4 is 37.8 Å². The van der Waals surface area contributed by atoms with Crippen LogP contribution in [-0.4, -0.2) is 18.4 Å². The molecule has 0 bridgehead atoms. The summed E-state index contributed by atoms with van der Waals surface area (Å²) in [6, 6.07) is 7.34. The summed E-state index contributed by atoms with van der Waals surface area (Å²) in [5.41, 5.74) is 1.71. The average Bonchev–Trinajstić information content (AvgIpc) is 2.27. The van der Waals surface area contributed by atoms with Gasteiger partial charge in [0.2, 0.25) is 0 Å². The molecule has 2 nitrogen and oxygen atoms in total. The lowest BCUT2D eigenvalue weighted by Crippen LogP contribution is -2.01. The number of halogens is 2. The monoisotopic (exact) mass is 320 g/mol. The zero-order valence-corrected chi connectivity index (χ0v) is 10.8. The van der Waals surface area contributed by atoms with Crippen LogP contribution in [0.2, 0.25) is 0 Å². The number of hydrogen-bond donors (Lipinski definition) is 0. The standard InChI is InChI=1S/C10H10Br2O2/c1-14-10(13)8-4-2-7(3-5-8)9(12)6-11/h2-5,9H,6H2,1H3. The fraction of sp³-hybridized carbons (Fsp3) is 0.300. The number of rotatable bonds is 3. The summed E-state index contributed by atoms with van der Waals surface area (Å²) < 4.78 is 4.60. The topological polar surface area (TPSA) is 26.3 Å². The second kappa shape index (κ2) is 5.51. The van der Waals surface area contributed by atoms with Crippen LogP contribution in [-0.2, 0) is 4.74 Å². The molecule has 76 valence electrons. The second-order valence-electron chi connectivity index (χ2n) is 2.74. The minimum atomic E-state index is -0.304. The third kappa shape index (κ3) is 2.82. The quantitative estimate of drug-likeness (QED) is 0.630. The molecule has 0 aliphatic carbocycles. The molecule has 0 aromatic heterocycles. The molecule has 0 N–H and O–H groups in total. The van der Waals surface area contributed by atoms with Gasteiger partial charge in [0.1, 0.15) is 0 Å². The van der Waals surface area contributed by atoms with Gasteiger partial charge in [-0.15, -0.1) is 0 Å². The Hall–Kier alpha value is -0.350. The van der Waals surface area contributed by atoms with E-state index in [2.05, 4.69) is 36.6 Å². The lowest BCUT2D eigenvalue weighted by Gasteiger charge is -2.06. The third-order valence-corrected chi connectivity index (χ3v) is 4.20. The first-order valence-corrected chi connectivity index (χ1v) is 6.11. The van der Waals surface area contributed by atoms with Crippen molar-refractivity contribution in [3.8, 4) is 0 Å². The summed E-state index contributed by atoms with van der Waals surface area (Å²) in [6.45, 7) is 0. The van der Waals surface area contributed by atoms with Crippen LogP contribution in [0.25, 0.3) is 0 Å². The van der Waals surface area contributed by atoms with E-state index < -0.39 is 0 Å². The van der Waals surface area contributed by atoms with Gasteiger partial charge in [-0.05, 0) is 17.7 Å². The number of methoxy groups -OCH3 is 1. The van der Waals surface area contributed by atoms with Crippen LogP contribution >= 0.6 is 31.9 Å². The predicted octanol–water partition coefficient (Wildman–Crippen LogP) is 3.30. The van der Waals surface area contributed by atoms with Crippen molar-refractivity contribution in [2.75, 3.05) is 12.4 Å². The fourth-order valence-corrected chi connectivity index (χ4v) is 1.71. The van der Waals surface area contributed by atoms with E-state index in [-0.39, 0.29) is 10.8 Å². The number of hydrogen-bond acceptors (Lipinski definition) is 2. The van der Waals surface area contributed by atoms with Crippen molar-refractivity contribution in [2.24, 2.45) is 0 Å². The van der Waals surface area contributed by atoms with Gasteiger partial charge in [-0.2, -0.15) is 0 Å². The highest BCUT2D eigenvalue weighted by molar-refractivity contribution is 9.12. The summed E-state index contributed by atoms with van der Waals surface area (Å²) in [4.78, 5) is 11.4. The van der Waals surface area contributed by atoms with Gasteiger partial charge >= 0.3 is 5.97 Å². The zero-order chi connectivity index (χ0) is 10.6. The highest BCUT2D eigenvalue weighted by Gasteiger charge is 2.08. The van der Waals surface area contributed by atoms with Gasteiger partial charge in [0.25, 0.3) is 0 Å². The van der Waals surface area contributed by atoms with E-state index in [1.54, 1.807) is 12.1 Å². The van der Waals surface area contributed by atoms with Crippen molar-refractivity contribution in [3.63, 3.8) is 0 Å². The SMILES string of the molecule is COC(=O)c1ccc(C(Br)CBr)cc1. The normalized spacial score (nSPS) is 12.2. The van der Waals surface area contributed by atoms with Crippen molar-refractivity contribution in [3.05, 3.63) is 35.4 Å². The molecule has 14 heavy (non-hydrogen) atoms. The summed E-state index contributed by atoms with van der Waals surface area (Å²) >= 11 is 6.87. The molecule has 0 saturated carbocycles. The largest absolute Gasteiger partial charge is 0.465 e. The smallest absolute Gasteiger partial charge is 0.337 e. The molecular formula is C10H10Br2O2. The van der Waals surface area contributed by atoms with Crippen molar-refractivity contribution < 1.29 is 9.53 Å². The van der Waals surface area contributed by atoms with Crippen LogP contribution in [0, 0.1) is 0 Å². The lowest BCUT2D eigenvalue weighted by molar-refractivity contribution is 0.0600. The van der Waals surface area contributed by atoms with Crippen LogP contribution in [0.5, 0.6) is 0 Å². The van der Waals surface area contributed by atoms with Crippen molar-refractivity contribution in [2.45, 2.75) is 4.83 Å². The number of benzene rings is 1. The van der Waals surface area contributed by atoms with Crippen LogP contribution in [0.1, 0.15) is 20.7 Å². The Labute approximate surface area is 99.9 Å². The van der Waals surface area contributed by atoms with Crippen molar-refractivity contribution in [1.82, 2.24) is 0 Å². The Kier molecular flexibility index (Phi) is 4.62. The predicted molar refractivity (Wildman–Crippen MR) is 63.2 cm³/mol. The third-order valence-electron chi connectivity index (χ3n) is 1.83. The molecule has 0 amide bonds. The van der Waals surface area contributed by atoms with Gasteiger partial charge in [-0.3, -0.25) is 0 Å². The molecule has 1 rings (SSSR count). The van der Waals surface area contributed by atoms with E-state index >= 15 is 0 Å². The van der Waals surface area contributed by atoms with Gasteiger partial charge in [0.05, 0.1) is 12.7 Å². The van der Waals surface area contributed by atoms with E-state index in [1.165, 1.54) is 7.11 Å². The highest BCUT2D eigenvalue weighted by atomic mass is 79.9. The maximum Gasteiger partial charge on any atom is 0.337 e. The number of esters is 1. The number of alkyl halides is 2. The van der Waals surface area contributed by atoms with Gasteiger partial charge < -0.3 is 4.74 Å². The number of ether oxygens (including phenoxy) is 1. The van der Waals surface area contributed by atoms with Gasteiger partial charge in [-0.25, -0.2) is 4.79 Å². The van der Waals surface area contributed by atoms with Crippen LogP contribution in [0.15, 0.2) is 24.3 Å². The molecule has 1 aromatic rings. The highest BCUT2D eigenvalue weighted by Crippen LogP contribution is 2.24. The minimum absolute atomic E-state index is 0.272. The van der Waals surface area contributed by atoms with E-state index in [9.17, 15) is 4.79 Å². The molecule has 1 unspecified atom stereocenters. The average molecular weight is 322 g/mol. The Morgan fingerprint density at radius 3 is 2.43 bits per heavy atom. The molecule has 0 aliphatic rings. The van der Waals surface area contributed by atoms with Gasteiger partial charge in [0, 0.05) is 10.2 Å². The molecule has 1 atom stereocenters. The number of carbonyl (C=O) groups excluding carboxylic acids is 1. The van der Waals surface area contributed by atoms with E-state index in [4.69, 9.17) is 0 Å². The van der Waals surface area contributed by atoms with E-state index in [0.29, 0.717) is 5.56 Å². The molecule has 0 saturated heterocycles. The molecule has 0 spiro atoms. The van der Waals surface area contributed by atoms with Crippen molar-refractivity contribution in [1.29, 1.82) is 0 Å². The first-order valence-electron chi connectivity index (χ1n) is 4.07. The van der Waals surface area contributed by atoms with E-state index in [1.807, 2.05) is 12.1 Å². The van der Waals surface area contributed by atoms with Crippen LogP contribution in [0.4, 0.5) is 0 Å².